The molecule has 20 heavy (non-hydrogen) atoms. The van der Waals surface area contributed by atoms with E-state index in [0.717, 1.165) is 6.07 Å². The van der Waals surface area contributed by atoms with Crippen LogP contribution in [0.5, 0.6) is 0 Å². The number of nitrogens with zero attached hydrogens (tertiary/aromatic N) is 1. The molecule has 0 aromatic heterocycles. The Morgan fingerprint density at radius 1 is 1.35 bits per heavy atom. The smallest absolute Gasteiger partial charge is 0.243 e. The lowest BCUT2D eigenvalue weighted by molar-refractivity contribution is 0.353. The molecular formula is C14H23FN2O2S. The highest BCUT2D eigenvalue weighted by Gasteiger charge is 2.28. The SMILES string of the molecule is CCCN(C(C)C)S(=O)(=O)c1cc(F)ccc1CNC. The van der Waals surface area contributed by atoms with Gasteiger partial charge in [-0.2, -0.15) is 4.31 Å². The normalized spacial score (nSPS) is 12.3. The monoisotopic (exact) mass is 302 g/mol. The van der Waals surface area contributed by atoms with Crippen LogP contribution >= 0.6 is 0 Å². The average Bonchev–Trinajstić information content (AvgIpc) is 2.37. The van der Waals surface area contributed by atoms with Crippen molar-refractivity contribution in [1.82, 2.24) is 9.62 Å². The van der Waals surface area contributed by atoms with Gasteiger partial charge in [0.25, 0.3) is 0 Å². The third kappa shape index (κ3) is 3.77. The molecule has 0 bridgehead atoms. The lowest BCUT2D eigenvalue weighted by Gasteiger charge is -2.26. The molecule has 0 saturated heterocycles. The van der Waals surface area contributed by atoms with Crippen LogP contribution in [0.15, 0.2) is 23.1 Å². The van der Waals surface area contributed by atoms with Gasteiger partial charge in [-0.15, -0.1) is 0 Å². The van der Waals surface area contributed by atoms with E-state index in [9.17, 15) is 12.8 Å². The molecule has 0 aliphatic rings. The highest BCUT2D eigenvalue weighted by Crippen LogP contribution is 2.23. The van der Waals surface area contributed by atoms with E-state index in [1.807, 2.05) is 20.8 Å². The first-order chi connectivity index (χ1) is 9.34. The van der Waals surface area contributed by atoms with Crippen LogP contribution in [0.25, 0.3) is 0 Å². The summed E-state index contributed by atoms with van der Waals surface area (Å²) in [5.41, 5.74) is 0.579. The fraction of sp³-hybridized carbons (Fsp3) is 0.571. The van der Waals surface area contributed by atoms with E-state index in [4.69, 9.17) is 0 Å². The Morgan fingerprint density at radius 2 is 2.00 bits per heavy atom. The second kappa shape index (κ2) is 7.15. The zero-order valence-corrected chi connectivity index (χ0v) is 13.3. The number of hydrogen-bond donors (Lipinski definition) is 1. The predicted octanol–water partition coefficient (Wildman–Crippen LogP) is 2.35. The van der Waals surface area contributed by atoms with Crippen LogP contribution in [-0.2, 0) is 16.6 Å². The molecule has 0 heterocycles. The lowest BCUT2D eigenvalue weighted by atomic mass is 10.2. The van der Waals surface area contributed by atoms with Gasteiger partial charge in [0.15, 0.2) is 0 Å². The van der Waals surface area contributed by atoms with Crippen molar-refractivity contribution in [3.8, 4) is 0 Å². The van der Waals surface area contributed by atoms with Crippen LogP contribution in [0.3, 0.4) is 0 Å². The summed E-state index contributed by atoms with van der Waals surface area (Å²) in [6.07, 6.45) is 0.716. The molecule has 4 nitrogen and oxygen atoms in total. The van der Waals surface area contributed by atoms with Gasteiger partial charge in [0.05, 0.1) is 4.90 Å². The maximum atomic E-state index is 13.5. The van der Waals surface area contributed by atoms with Gasteiger partial charge in [0.1, 0.15) is 5.82 Å². The molecule has 1 aromatic carbocycles. The largest absolute Gasteiger partial charge is 0.316 e. The third-order valence-corrected chi connectivity index (χ3v) is 5.16. The van der Waals surface area contributed by atoms with Gasteiger partial charge in [-0.25, -0.2) is 12.8 Å². The molecular weight excluding hydrogens is 279 g/mol. The van der Waals surface area contributed by atoms with E-state index in [1.54, 1.807) is 7.05 Å². The Kier molecular flexibility index (Phi) is 6.10. The van der Waals surface area contributed by atoms with Crippen molar-refractivity contribution in [1.29, 1.82) is 0 Å². The summed E-state index contributed by atoms with van der Waals surface area (Å²) in [4.78, 5) is 0.0500. The minimum atomic E-state index is -3.68. The number of rotatable bonds is 7. The van der Waals surface area contributed by atoms with Gasteiger partial charge >= 0.3 is 0 Å². The highest BCUT2D eigenvalue weighted by molar-refractivity contribution is 7.89. The summed E-state index contributed by atoms with van der Waals surface area (Å²) in [7, 11) is -1.96. The Morgan fingerprint density at radius 3 is 2.50 bits per heavy atom. The molecule has 1 rings (SSSR count). The Hall–Kier alpha value is -0.980. The molecule has 0 aliphatic carbocycles. The maximum Gasteiger partial charge on any atom is 0.243 e. The van der Waals surface area contributed by atoms with Crippen molar-refractivity contribution in [2.45, 2.75) is 44.7 Å². The standard InChI is InChI=1S/C14H23FN2O2S/c1-5-8-17(11(2)3)20(18,19)14-9-13(15)7-6-12(14)10-16-4/h6-7,9,11,16H,5,8,10H2,1-4H3. The number of hydrogen-bond acceptors (Lipinski definition) is 3. The predicted molar refractivity (Wildman–Crippen MR) is 78.5 cm³/mol. The second-order valence-electron chi connectivity index (χ2n) is 4.99. The van der Waals surface area contributed by atoms with E-state index in [2.05, 4.69) is 5.32 Å². The van der Waals surface area contributed by atoms with Crippen LogP contribution in [0.1, 0.15) is 32.8 Å². The number of benzene rings is 1. The summed E-state index contributed by atoms with van der Waals surface area (Å²) in [6.45, 7) is 6.38. The summed E-state index contributed by atoms with van der Waals surface area (Å²) in [5.74, 6) is -0.538. The Labute approximate surface area is 121 Å². The van der Waals surface area contributed by atoms with E-state index >= 15 is 0 Å². The molecule has 0 radical (unpaired) electrons. The van der Waals surface area contributed by atoms with Crippen molar-refractivity contribution in [2.75, 3.05) is 13.6 Å². The van der Waals surface area contributed by atoms with Gasteiger partial charge < -0.3 is 5.32 Å². The zero-order valence-electron chi connectivity index (χ0n) is 12.5. The Balaban J connectivity index is 3.35. The number of nitrogens with one attached hydrogen (secondary N) is 1. The van der Waals surface area contributed by atoms with Crippen molar-refractivity contribution >= 4 is 10.0 Å². The molecule has 6 heteroatoms. The Bertz CT molecular complexity index is 544. The number of halogens is 1. The molecule has 0 unspecified atom stereocenters. The van der Waals surface area contributed by atoms with Crippen molar-refractivity contribution in [2.24, 2.45) is 0 Å². The molecule has 0 aliphatic heterocycles. The highest BCUT2D eigenvalue weighted by atomic mass is 32.2. The molecule has 0 fully saturated rings. The van der Waals surface area contributed by atoms with E-state index in [0.29, 0.717) is 25.1 Å². The molecule has 114 valence electrons. The van der Waals surface area contributed by atoms with Crippen LogP contribution < -0.4 is 5.32 Å². The van der Waals surface area contributed by atoms with Gasteiger partial charge in [-0.3, -0.25) is 0 Å². The fourth-order valence-corrected chi connectivity index (χ4v) is 4.07. The molecule has 0 amide bonds. The fourth-order valence-electron chi connectivity index (χ4n) is 2.11. The summed E-state index contributed by atoms with van der Waals surface area (Å²) < 4.78 is 40.4. The van der Waals surface area contributed by atoms with Crippen molar-refractivity contribution in [3.63, 3.8) is 0 Å². The zero-order chi connectivity index (χ0) is 15.3. The first-order valence-corrected chi connectivity index (χ1v) is 8.23. The van der Waals surface area contributed by atoms with Crippen molar-refractivity contribution in [3.05, 3.63) is 29.6 Å². The quantitative estimate of drug-likeness (QED) is 0.841. The minimum Gasteiger partial charge on any atom is -0.316 e. The average molecular weight is 302 g/mol. The third-order valence-electron chi connectivity index (χ3n) is 3.00. The lowest BCUT2D eigenvalue weighted by Crippen LogP contribution is -2.38. The summed E-state index contributed by atoms with van der Waals surface area (Å²) in [6, 6.07) is 3.74. The molecule has 0 saturated carbocycles. The summed E-state index contributed by atoms with van der Waals surface area (Å²) >= 11 is 0. The maximum absolute atomic E-state index is 13.5. The van der Waals surface area contributed by atoms with Crippen molar-refractivity contribution < 1.29 is 12.8 Å². The van der Waals surface area contributed by atoms with Gasteiger partial charge in [-0.05, 0) is 45.0 Å². The summed E-state index contributed by atoms with van der Waals surface area (Å²) in [5, 5.41) is 2.91. The van der Waals surface area contributed by atoms with Crippen LogP contribution in [-0.4, -0.2) is 32.4 Å². The number of sulfonamides is 1. The first kappa shape index (κ1) is 17.1. The van der Waals surface area contributed by atoms with Crippen LogP contribution in [0.4, 0.5) is 4.39 Å². The first-order valence-electron chi connectivity index (χ1n) is 6.79. The molecule has 1 N–H and O–H groups in total. The van der Waals surface area contributed by atoms with Gasteiger partial charge in [0, 0.05) is 19.1 Å². The molecule has 0 spiro atoms. The van der Waals surface area contributed by atoms with Gasteiger partial charge in [0.2, 0.25) is 10.0 Å². The van der Waals surface area contributed by atoms with E-state index < -0.39 is 15.8 Å². The van der Waals surface area contributed by atoms with Crippen LogP contribution in [0, 0.1) is 5.82 Å². The topological polar surface area (TPSA) is 49.4 Å². The van der Waals surface area contributed by atoms with E-state index in [1.165, 1.54) is 16.4 Å². The minimum absolute atomic E-state index is 0.0500. The molecule has 0 atom stereocenters. The van der Waals surface area contributed by atoms with E-state index in [-0.39, 0.29) is 10.9 Å². The van der Waals surface area contributed by atoms with Crippen LogP contribution in [0.2, 0.25) is 0 Å². The second-order valence-corrected chi connectivity index (χ2v) is 6.85. The molecule has 1 aromatic rings. The van der Waals surface area contributed by atoms with Gasteiger partial charge in [-0.1, -0.05) is 13.0 Å².